The molecule has 0 unspecified atom stereocenters. The van der Waals surface area contributed by atoms with Gasteiger partial charge in [-0.2, -0.15) is 0 Å². The van der Waals surface area contributed by atoms with Crippen molar-refractivity contribution in [3.63, 3.8) is 0 Å². The fourth-order valence-corrected chi connectivity index (χ4v) is 3.28. The summed E-state index contributed by atoms with van der Waals surface area (Å²) in [6, 6.07) is 0. The molecule has 0 aromatic rings. The molecule has 2 bridgehead atoms. The molecule has 2 saturated heterocycles. The van der Waals surface area contributed by atoms with Crippen LogP contribution in [0.15, 0.2) is 24.3 Å². The summed E-state index contributed by atoms with van der Waals surface area (Å²) in [4.78, 5) is 10.7. The Labute approximate surface area is 130 Å². The maximum atomic E-state index is 6.21. The van der Waals surface area contributed by atoms with Crippen molar-refractivity contribution in [2.75, 3.05) is 14.2 Å². The third kappa shape index (κ3) is 2.75. The second kappa shape index (κ2) is 6.03. The molecule has 0 spiro atoms. The molecule has 0 saturated carbocycles. The molecule has 0 aromatic carbocycles. The van der Waals surface area contributed by atoms with E-state index in [4.69, 9.17) is 28.7 Å². The van der Waals surface area contributed by atoms with Gasteiger partial charge in [-0.05, 0) is 20.3 Å². The first-order chi connectivity index (χ1) is 10.5. The minimum atomic E-state index is -0.670. The fourth-order valence-electron chi connectivity index (χ4n) is 3.28. The van der Waals surface area contributed by atoms with Crippen molar-refractivity contribution in [2.45, 2.75) is 62.7 Å². The molecular weight excluding hydrogens is 288 g/mol. The van der Waals surface area contributed by atoms with E-state index in [0.717, 1.165) is 12.8 Å². The van der Waals surface area contributed by atoms with E-state index in [0.29, 0.717) is 0 Å². The van der Waals surface area contributed by atoms with Crippen LogP contribution in [0.5, 0.6) is 0 Å². The van der Waals surface area contributed by atoms with E-state index in [1.54, 1.807) is 14.2 Å². The number of fused-ring (bicyclic) bond motifs is 1. The van der Waals surface area contributed by atoms with Crippen LogP contribution in [0.1, 0.15) is 26.7 Å². The summed E-state index contributed by atoms with van der Waals surface area (Å²) < 4.78 is 22.6. The van der Waals surface area contributed by atoms with Crippen molar-refractivity contribution < 1.29 is 28.7 Å². The Balaban J connectivity index is 1.73. The van der Waals surface area contributed by atoms with Gasteiger partial charge in [-0.3, -0.25) is 0 Å². The van der Waals surface area contributed by atoms with Gasteiger partial charge in [0.05, 0.1) is 0 Å². The maximum absolute atomic E-state index is 6.21. The first kappa shape index (κ1) is 16.1. The van der Waals surface area contributed by atoms with E-state index in [9.17, 15) is 0 Å². The van der Waals surface area contributed by atoms with E-state index in [-0.39, 0.29) is 24.6 Å². The first-order valence-electron chi connectivity index (χ1n) is 7.62. The zero-order chi connectivity index (χ0) is 15.8. The van der Waals surface area contributed by atoms with Crippen LogP contribution in [0.25, 0.3) is 0 Å². The molecule has 4 atom stereocenters. The highest BCUT2D eigenvalue weighted by atomic mass is 17.2. The summed E-state index contributed by atoms with van der Waals surface area (Å²) in [7, 11) is 3.28. The molecule has 3 aliphatic heterocycles. The highest BCUT2D eigenvalue weighted by molar-refractivity contribution is 5.27. The van der Waals surface area contributed by atoms with Crippen molar-refractivity contribution in [3.05, 3.63) is 24.3 Å². The SMILES string of the molecule is COC(CC/C=C\[C@@]12OC(C)(C)O[C@@H]1[C@@H]1C=C[C@H]2OO1)OC. The molecule has 124 valence electrons. The molecule has 0 amide bonds. The second-order valence-corrected chi connectivity index (χ2v) is 6.24. The van der Waals surface area contributed by atoms with Gasteiger partial charge in [0.25, 0.3) is 0 Å². The van der Waals surface area contributed by atoms with Crippen LogP contribution in [0.2, 0.25) is 0 Å². The van der Waals surface area contributed by atoms with Gasteiger partial charge in [0.1, 0.15) is 18.3 Å². The quantitative estimate of drug-likeness (QED) is 0.425. The van der Waals surface area contributed by atoms with Crippen LogP contribution >= 0.6 is 0 Å². The smallest absolute Gasteiger partial charge is 0.164 e. The number of ether oxygens (including phenoxy) is 4. The van der Waals surface area contributed by atoms with E-state index >= 15 is 0 Å². The zero-order valence-corrected chi connectivity index (χ0v) is 13.5. The van der Waals surface area contributed by atoms with Crippen LogP contribution in [0, 0.1) is 0 Å². The normalized spacial score (nSPS) is 39.0. The summed E-state index contributed by atoms with van der Waals surface area (Å²) in [5, 5.41) is 0. The van der Waals surface area contributed by atoms with E-state index in [1.165, 1.54) is 0 Å². The van der Waals surface area contributed by atoms with Crippen molar-refractivity contribution in [1.29, 1.82) is 0 Å². The largest absolute Gasteiger partial charge is 0.356 e. The van der Waals surface area contributed by atoms with Crippen molar-refractivity contribution in [1.82, 2.24) is 0 Å². The topological polar surface area (TPSA) is 55.4 Å². The number of allylic oxidation sites excluding steroid dienone is 1. The Bertz CT molecular complexity index is 456. The second-order valence-electron chi connectivity index (χ2n) is 6.24. The van der Waals surface area contributed by atoms with Gasteiger partial charge in [0.2, 0.25) is 0 Å². The number of methoxy groups -OCH3 is 2. The Morgan fingerprint density at radius 2 is 1.95 bits per heavy atom. The molecule has 4 aliphatic rings. The van der Waals surface area contributed by atoms with E-state index in [2.05, 4.69) is 6.08 Å². The number of rotatable bonds is 6. The van der Waals surface area contributed by atoms with Crippen LogP contribution in [-0.2, 0) is 28.7 Å². The summed E-state index contributed by atoms with van der Waals surface area (Å²) >= 11 is 0. The highest BCUT2D eigenvalue weighted by Gasteiger charge is 2.63. The molecule has 22 heavy (non-hydrogen) atoms. The highest BCUT2D eigenvalue weighted by Crippen LogP contribution is 2.48. The van der Waals surface area contributed by atoms with Crippen LogP contribution < -0.4 is 0 Å². The Morgan fingerprint density at radius 1 is 1.18 bits per heavy atom. The van der Waals surface area contributed by atoms with Gasteiger partial charge in [0.15, 0.2) is 17.7 Å². The third-order valence-corrected chi connectivity index (χ3v) is 4.24. The third-order valence-electron chi connectivity index (χ3n) is 4.24. The van der Waals surface area contributed by atoms with Gasteiger partial charge in [-0.15, -0.1) is 0 Å². The lowest BCUT2D eigenvalue weighted by Gasteiger charge is -2.44. The fraction of sp³-hybridized carbons (Fsp3) is 0.750. The zero-order valence-electron chi connectivity index (χ0n) is 13.5. The van der Waals surface area contributed by atoms with Gasteiger partial charge in [0, 0.05) is 20.6 Å². The molecule has 4 rings (SSSR count). The van der Waals surface area contributed by atoms with Gasteiger partial charge in [-0.25, -0.2) is 9.78 Å². The van der Waals surface area contributed by atoms with Crippen molar-refractivity contribution in [3.8, 4) is 0 Å². The molecule has 0 aromatic heterocycles. The van der Waals surface area contributed by atoms with Gasteiger partial charge in [-0.1, -0.05) is 24.3 Å². The molecule has 6 nitrogen and oxygen atoms in total. The maximum Gasteiger partial charge on any atom is 0.164 e. The van der Waals surface area contributed by atoms with Gasteiger partial charge < -0.3 is 18.9 Å². The number of hydrogen-bond donors (Lipinski definition) is 0. The average molecular weight is 312 g/mol. The predicted molar refractivity (Wildman–Crippen MR) is 77.8 cm³/mol. The molecule has 0 radical (unpaired) electrons. The molecule has 6 heteroatoms. The van der Waals surface area contributed by atoms with Crippen LogP contribution in [-0.4, -0.2) is 50.2 Å². The first-order valence-corrected chi connectivity index (χ1v) is 7.62. The minimum Gasteiger partial charge on any atom is -0.356 e. The monoisotopic (exact) mass is 312 g/mol. The predicted octanol–water partition coefficient (Wildman–Crippen LogP) is 2.10. The van der Waals surface area contributed by atoms with E-state index < -0.39 is 11.4 Å². The van der Waals surface area contributed by atoms with Crippen LogP contribution in [0.3, 0.4) is 0 Å². The van der Waals surface area contributed by atoms with E-state index in [1.807, 2.05) is 32.1 Å². The summed E-state index contributed by atoms with van der Waals surface area (Å²) in [6.45, 7) is 3.82. The standard InChI is InChI=1S/C16H24O6/c1-15(2)19-14-11-8-9-12(21-20-11)16(14,22-15)10-6-5-7-13(17-3)18-4/h6,8-14H,5,7H2,1-4H3/b10-6-/t11-,12+,14+,16-/m0/s1. The number of hydrogen-bond acceptors (Lipinski definition) is 6. The molecule has 3 heterocycles. The van der Waals surface area contributed by atoms with Crippen molar-refractivity contribution >= 4 is 0 Å². The molecule has 2 fully saturated rings. The lowest BCUT2D eigenvalue weighted by molar-refractivity contribution is -0.399. The van der Waals surface area contributed by atoms with Crippen LogP contribution in [0.4, 0.5) is 0 Å². The Hall–Kier alpha value is -0.760. The van der Waals surface area contributed by atoms with Gasteiger partial charge >= 0.3 is 0 Å². The molecule has 1 aliphatic carbocycles. The molecule has 0 N–H and O–H groups in total. The molecular formula is C16H24O6. The Morgan fingerprint density at radius 3 is 2.59 bits per heavy atom. The Kier molecular flexibility index (Phi) is 4.42. The lowest BCUT2D eigenvalue weighted by Crippen LogP contribution is -2.60. The summed E-state index contributed by atoms with van der Waals surface area (Å²) in [6.07, 6.45) is 8.69. The summed E-state index contributed by atoms with van der Waals surface area (Å²) in [5.41, 5.74) is -0.642. The lowest BCUT2D eigenvalue weighted by atomic mass is 9.81. The van der Waals surface area contributed by atoms with Crippen molar-refractivity contribution in [2.24, 2.45) is 0 Å². The average Bonchev–Trinajstić information content (AvgIpc) is 2.82. The summed E-state index contributed by atoms with van der Waals surface area (Å²) in [5.74, 6) is -0.670. The minimum absolute atomic E-state index is 0.197.